The largest absolute Gasteiger partial charge is 0.391 e. The number of alkyl halides is 1. The van der Waals surface area contributed by atoms with E-state index in [1.165, 1.54) is 6.20 Å². The van der Waals surface area contributed by atoms with Crippen molar-refractivity contribution in [3.63, 3.8) is 0 Å². The van der Waals surface area contributed by atoms with Crippen LogP contribution in [-0.2, 0) is 4.74 Å². The van der Waals surface area contributed by atoms with Crippen LogP contribution in [0.15, 0.2) is 36.8 Å². The van der Waals surface area contributed by atoms with Crippen LogP contribution in [0.4, 0.5) is 10.2 Å². The second-order valence-corrected chi connectivity index (χ2v) is 9.07. The molecule has 10 nitrogen and oxygen atoms in total. The molecular weight excluding hydrogens is 453 g/mol. The summed E-state index contributed by atoms with van der Waals surface area (Å²) in [6.45, 7) is 0.588. The van der Waals surface area contributed by atoms with E-state index in [9.17, 15) is 14.3 Å². The Morgan fingerprint density at radius 2 is 2.14 bits per heavy atom. The molecule has 1 amide bonds. The number of pyridine rings is 1. The van der Waals surface area contributed by atoms with Gasteiger partial charge in [0.1, 0.15) is 23.4 Å². The van der Waals surface area contributed by atoms with Crippen LogP contribution in [0, 0.1) is 0 Å². The molecule has 0 bridgehead atoms. The number of carbonyl (C=O) groups is 1. The Morgan fingerprint density at radius 3 is 2.89 bits per heavy atom. The minimum Gasteiger partial charge on any atom is -0.391 e. The number of rotatable bonds is 5. The third-order valence-corrected chi connectivity index (χ3v) is 7.01. The maximum absolute atomic E-state index is 14.6. The first-order valence-electron chi connectivity index (χ1n) is 11.8. The Labute approximate surface area is 200 Å². The Hall–Kier alpha value is -3.57. The van der Waals surface area contributed by atoms with E-state index in [0.29, 0.717) is 48.0 Å². The summed E-state index contributed by atoms with van der Waals surface area (Å²) in [5.74, 6) is 1.00. The number of hydrogen-bond acceptors (Lipinski definition) is 7. The van der Waals surface area contributed by atoms with E-state index in [0.717, 1.165) is 17.5 Å². The molecule has 1 aliphatic carbocycles. The lowest BCUT2D eigenvalue weighted by atomic mass is 9.89. The summed E-state index contributed by atoms with van der Waals surface area (Å²) in [5.41, 5.74) is 2.95. The highest BCUT2D eigenvalue weighted by Gasteiger charge is 2.32. The van der Waals surface area contributed by atoms with Crippen molar-refractivity contribution < 1.29 is 19.0 Å². The zero-order valence-electron chi connectivity index (χ0n) is 19.2. The zero-order valence-corrected chi connectivity index (χ0v) is 19.2. The lowest BCUT2D eigenvalue weighted by molar-refractivity contribution is 0.00346. The van der Waals surface area contributed by atoms with E-state index in [1.807, 2.05) is 29.0 Å². The average Bonchev–Trinajstić information content (AvgIpc) is 3.50. The molecule has 11 heteroatoms. The number of halogens is 1. The molecule has 2 fully saturated rings. The molecule has 3 N–H and O–H groups in total. The molecule has 1 saturated carbocycles. The predicted molar refractivity (Wildman–Crippen MR) is 126 cm³/mol. The number of ether oxygens (including phenoxy) is 1. The smallest absolute Gasteiger partial charge is 0.257 e. The predicted octanol–water partition coefficient (Wildman–Crippen LogP) is 2.29. The van der Waals surface area contributed by atoms with Gasteiger partial charge in [0.25, 0.3) is 5.91 Å². The fraction of sp³-hybridized carbons (Fsp3) is 0.417. The second-order valence-electron chi connectivity index (χ2n) is 9.07. The minimum absolute atomic E-state index is 0.0787. The maximum Gasteiger partial charge on any atom is 0.257 e. The fourth-order valence-electron chi connectivity index (χ4n) is 4.87. The number of aliphatic hydroxyl groups excluding tert-OH is 1. The van der Waals surface area contributed by atoms with Gasteiger partial charge >= 0.3 is 0 Å². The van der Waals surface area contributed by atoms with Crippen LogP contribution < -0.4 is 10.6 Å². The summed E-state index contributed by atoms with van der Waals surface area (Å²) in [4.78, 5) is 22.3. The van der Waals surface area contributed by atoms with Gasteiger partial charge in [-0.05, 0) is 31.4 Å². The van der Waals surface area contributed by atoms with Gasteiger partial charge in [-0.15, -0.1) is 0 Å². The monoisotopic (exact) mass is 479 g/mol. The standard InChI is InChI=1S/C24H26FN7O3/c1-26-21-9-18(29-23-15(11-28-32(21)23)24(34)30-17-4-5-20(17)33)14-10-27-22-13(14)3-2-7-31(22)19-6-8-35-12-16(19)25/h2-3,7,9-11,16-17,19-20,26,33H,4-6,8,12H2,1H3,(H,30,34)/t16?,17-,19?,20+/m0/s1. The first-order chi connectivity index (χ1) is 17.0. The van der Waals surface area contributed by atoms with Gasteiger partial charge in [0.05, 0.1) is 36.7 Å². The van der Waals surface area contributed by atoms with Gasteiger partial charge in [-0.25, -0.2) is 14.4 Å². The number of anilines is 1. The van der Waals surface area contributed by atoms with Crippen LogP contribution in [0.1, 0.15) is 35.7 Å². The Balaban J connectivity index is 1.40. The third-order valence-electron chi connectivity index (χ3n) is 7.01. The van der Waals surface area contributed by atoms with E-state index in [1.54, 1.807) is 17.8 Å². The summed E-state index contributed by atoms with van der Waals surface area (Å²) in [6, 6.07) is 5.07. The molecule has 4 aliphatic rings. The summed E-state index contributed by atoms with van der Waals surface area (Å²) < 4.78 is 23.4. The van der Waals surface area contributed by atoms with Crippen molar-refractivity contribution in [3.8, 4) is 22.6 Å². The van der Waals surface area contributed by atoms with Crippen molar-refractivity contribution in [1.82, 2.24) is 29.5 Å². The van der Waals surface area contributed by atoms with Crippen molar-refractivity contribution in [2.75, 3.05) is 25.6 Å². The van der Waals surface area contributed by atoms with Gasteiger partial charge in [0, 0.05) is 43.2 Å². The molecule has 182 valence electrons. The van der Waals surface area contributed by atoms with Gasteiger partial charge in [-0.1, -0.05) is 0 Å². The van der Waals surface area contributed by atoms with Gasteiger partial charge < -0.3 is 25.0 Å². The first kappa shape index (κ1) is 21.9. The summed E-state index contributed by atoms with van der Waals surface area (Å²) >= 11 is 0. The van der Waals surface area contributed by atoms with Crippen LogP contribution in [-0.4, -0.2) is 73.7 Å². The molecule has 6 rings (SSSR count). The van der Waals surface area contributed by atoms with Crippen molar-refractivity contribution in [2.24, 2.45) is 0 Å². The molecule has 0 aromatic carbocycles. The van der Waals surface area contributed by atoms with Crippen molar-refractivity contribution in [2.45, 2.75) is 43.6 Å². The number of nitrogens with one attached hydrogen (secondary N) is 2. The van der Waals surface area contributed by atoms with Gasteiger partial charge in [0.2, 0.25) is 0 Å². The number of nitrogens with zero attached hydrogens (tertiary/aromatic N) is 5. The van der Waals surface area contributed by atoms with Gasteiger partial charge in [-0.2, -0.15) is 9.61 Å². The molecular formula is C24H26FN7O3. The molecule has 2 aromatic heterocycles. The fourth-order valence-corrected chi connectivity index (χ4v) is 4.87. The molecule has 5 heterocycles. The zero-order chi connectivity index (χ0) is 24.1. The van der Waals surface area contributed by atoms with E-state index < -0.39 is 12.3 Å². The number of amides is 1. The second kappa shape index (κ2) is 8.58. The van der Waals surface area contributed by atoms with E-state index in [2.05, 4.69) is 20.7 Å². The van der Waals surface area contributed by atoms with E-state index in [4.69, 9.17) is 9.72 Å². The lowest BCUT2D eigenvalue weighted by Crippen LogP contribution is -2.50. The van der Waals surface area contributed by atoms with Crippen LogP contribution >= 0.6 is 0 Å². The molecule has 2 unspecified atom stereocenters. The average molecular weight is 480 g/mol. The minimum atomic E-state index is -1.10. The Kier molecular flexibility index (Phi) is 5.37. The highest BCUT2D eigenvalue weighted by molar-refractivity contribution is 6.00. The molecule has 3 aliphatic heterocycles. The number of aliphatic hydroxyl groups is 1. The molecule has 4 atom stereocenters. The van der Waals surface area contributed by atoms with Crippen LogP contribution in [0.2, 0.25) is 0 Å². The molecule has 2 aromatic rings. The van der Waals surface area contributed by atoms with Gasteiger partial charge in [0.15, 0.2) is 5.65 Å². The third kappa shape index (κ3) is 3.62. The van der Waals surface area contributed by atoms with Crippen LogP contribution in [0.25, 0.3) is 28.3 Å². The molecule has 0 radical (unpaired) electrons. The Bertz CT molecular complexity index is 1370. The van der Waals surface area contributed by atoms with Crippen LogP contribution in [0.5, 0.6) is 0 Å². The highest BCUT2D eigenvalue weighted by atomic mass is 19.1. The van der Waals surface area contributed by atoms with Crippen molar-refractivity contribution in [1.29, 1.82) is 0 Å². The van der Waals surface area contributed by atoms with Crippen LogP contribution in [0.3, 0.4) is 0 Å². The Morgan fingerprint density at radius 1 is 1.26 bits per heavy atom. The van der Waals surface area contributed by atoms with Crippen molar-refractivity contribution >= 4 is 17.4 Å². The number of fused-ring (bicyclic) bond motifs is 2. The summed E-state index contributed by atoms with van der Waals surface area (Å²) in [6.07, 6.45) is 5.43. The topological polar surface area (TPSA) is 119 Å². The SMILES string of the molecule is CNc1cc(-c2cnc3n(C4CCOCC4F)cccc2-3)nc2c(C(=O)N[C@H]3CC[C@H]3O)cnn12. The van der Waals surface area contributed by atoms with E-state index in [-0.39, 0.29) is 24.6 Å². The number of carbonyl (C=O) groups excluding carboxylic acids is 1. The number of aromatic nitrogens is 5. The van der Waals surface area contributed by atoms with Gasteiger partial charge in [-0.3, -0.25) is 4.79 Å². The number of hydrogen-bond donors (Lipinski definition) is 3. The van der Waals surface area contributed by atoms with Crippen molar-refractivity contribution in [3.05, 3.63) is 42.4 Å². The molecule has 1 saturated heterocycles. The lowest BCUT2D eigenvalue weighted by Gasteiger charge is -2.32. The highest BCUT2D eigenvalue weighted by Crippen LogP contribution is 2.37. The first-order valence-corrected chi connectivity index (χ1v) is 11.8. The quantitative estimate of drug-likeness (QED) is 0.402. The summed E-state index contributed by atoms with van der Waals surface area (Å²) in [5, 5.41) is 20.2. The summed E-state index contributed by atoms with van der Waals surface area (Å²) in [7, 11) is 1.77. The maximum atomic E-state index is 14.6. The normalized spacial score (nSPS) is 24.4. The van der Waals surface area contributed by atoms with E-state index >= 15 is 0 Å². The molecule has 35 heavy (non-hydrogen) atoms. The molecule has 0 spiro atoms.